The van der Waals surface area contributed by atoms with Gasteiger partial charge in [0, 0.05) is 43.9 Å². The van der Waals surface area contributed by atoms with Crippen molar-refractivity contribution in [3.8, 4) is 0 Å². The molecule has 7 heteroatoms. The molecule has 4 rings (SSSR count). The molecule has 2 aromatic carbocycles. The van der Waals surface area contributed by atoms with E-state index in [0.29, 0.717) is 28.0 Å². The summed E-state index contributed by atoms with van der Waals surface area (Å²) in [5, 5.41) is 10.7. The summed E-state index contributed by atoms with van der Waals surface area (Å²) in [5.74, 6) is -1.74. The number of benzene rings is 2. The maximum absolute atomic E-state index is 14.3. The Hall–Kier alpha value is -2.31. The van der Waals surface area contributed by atoms with E-state index in [9.17, 15) is 19.1 Å². The first kappa shape index (κ1) is 20.0. The molecule has 1 N–H and O–H groups in total. The number of aromatic nitrogens is 1. The smallest absolute Gasteiger partial charge is 0.304 e. The van der Waals surface area contributed by atoms with E-state index in [0.717, 1.165) is 28.3 Å². The molecular weight excluding hydrogens is 413 g/mol. The standard InChI is InChI=1S/C22H19ClFNO3S/c1-12(26)17-10-15(24)11-18-20(17)22(29-16-6-4-14(23)5-7-16)21-13(9-19(27)28)3-2-8-25(18)21/h4-7,10-11,13H,2-3,8-9H2,1H3,(H,27,28)/t13-/m0/s1. The molecule has 0 radical (unpaired) electrons. The van der Waals surface area contributed by atoms with Crippen LogP contribution in [0.4, 0.5) is 4.39 Å². The normalized spacial score (nSPS) is 16.0. The summed E-state index contributed by atoms with van der Waals surface area (Å²) in [5.41, 5.74) is 1.85. The van der Waals surface area contributed by atoms with Gasteiger partial charge in [-0.05, 0) is 56.2 Å². The van der Waals surface area contributed by atoms with Crippen molar-refractivity contribution in [3.63, 3.8) is 0 Å². The molecule has 0 saturated carbocycles. The summed E-state index contributed by atoms with van der Waals surface area (Å²) in [7, 11) is 0. The Morgan fingerprint density at radius 1 is 1.28 bits per heavy atom. The van der Waals surface area contributed by atoms with Gasteiger partial charge in [0.05, 0.1) is 11.9 Å². The van der Waals surface area contributed by atoms with Gasteiger partial charge < -0.3 is 9.67 Å². The van der Waals surface area contributed by atoms with E-state index in [2.05, 4.69) is 0 Å². The largest absolute Gasteiger partial charge is 0.481 e. The zero-order valence-corrected chi connectivity index (χ0v) is 17.3. The van der Waals surface area contributed by atoms with Crippen molar-refractivity contribution in [1.82, 2.24) is 4.57 Å². The van der Waals surface area contributed by atoms with Crippen molar-refractivity contribution in [2.24, 2.45) is 0 Å². The lowest BCUT2D eigenvalue weighted by Crippen LogP contribution is -2.18. The van der Waals surface area contributed by atoms with Gasteiger partial charge in [0.2, 0.25) is 0 Å². The van der Waals surface area contributed by atoms with Crippen LogP contribution in [0.2, 0.25) is 5.02 Å². The Balaban J connectivity index is 2.00. The van der Waals surface area contributed by atoms with E-state index in [4.69, 9.17) is 11.6 Å². The number of hydrogen-bond donors (Lipinski definition) is 1. The van der Waals surface area contributed by atoms with Gasteiger partial charge in [0.1, 0.15) is 5.82 Å². The number of aliphatic carboxylic acids is 1. The Labute approximate surface area is 176 Å². The quantitative estimate of drug-likeness (QED) is 0.493. The lowest BCUT2D eigenvalue weighted by atomic mass is 9.92. The van der Waals surface area contributed by atoms with E-state index in [1.807, 2.05) is 16.7 Å². The van der Waals surface area contributed by atoms with Gasteiger partial charge in [-0.15, -0.1) is 0 Å². The summed E-state index contributed by atoms with van der Waals surface area (Å²) in [4.78, 5) is 25.6. The lowest BCUT2D eigenvalue weighted by molar-refractivity contribution is -0.137. The fraction of sp³-hybridized carbons (Fsp3) is 0.273. The topological polar surface area (TPSA) is 59.3 Å². The molecule has 0 saturated heterocycles. The summed E-state index contributed by atoms with van der Waals surface area (Å²) in [6.45, 7) is 2.10. The van der Waals surface area contributed by atoms with E-state index in [-0.39, 0.29) is 18.1 Å². The zero-order chi connectivity index (χ0) is 20.7. The van der Waals surface area contributed by atoms with E-state index < -0.39 is 11.8 Å². The Kier molecular flexibility index (Phi) is 5.40. The Morgan fingerprint density at radius 2 is 2.00 bits per heavy atom. The number of ketones is 1. The van der Waals surface area contributed by atoms with E-state index in [1.54, 1.807) is 12.1 Å². The van der Waals surface area contributed by atoms with Gasteiger partial charge in [0.25, 0.3) is 0 Å². The van der Waals surface area contributed by atoms with Crippen LogP contribution < -0.4 is 0 Å². The van der Waals surface area contributed by atoms with Crippen LogP contribution >= 0.6 is 23.4 Å². The number of aryl methyl sites for hydroxylation is 1. The molecule has 4 nitrogen and oxygen atoms in total. The van der Waals surface area contributed by atoms with Gasteiger partial charge in [-0.2, -0.15) is 0 Å². The average molecular weight is 432 g/mol. The SMILES string of the molecule is CC(=O)c1cc(F)cc2c1c(Sc1ccc(Cl)cc1)c1n2CCC[C@H]1CC(=O)O. The molecule has 1 aromatic heterocycles. The minimum atomic E-state index is -0.867. The highest BCUT2D eigenvalue weighted by atomic mass is 35.5. The number of carbonyl (C=O) groups excluding carboxylic acids is 1. The third kappa shape index (κ3) is 3.79. The molecular formula is C22H19ClFNO3S. The number of nitrogens with zero attached hydrogens (tertiary/aromatic N) is 1. The molecule has 0 spiro atoms. The van der Waals surface area contributed by atoms with Crippen LogP contribution in [-0.2, 0) is 11.3 Å². The molecule has 1 atom stereocenters. The van der Waals surface area contributed by atoms with E-state index in [1.165, 1.54) is 30.8 Å². The molecule has 0 bridgehead atoms. The average Bonchev–Trinajstić information content (AvgIpc) is 2.97. The molecule has 0 unspecified atom stereocenters. The van der Waals surface area contributed by atoms with Crippen LogP contribution in [0.1, 0.15) is 48.2 Å². The summed E-state index contributed by atoms with van der Waals surface area (Å²) >= 11 is 7.47. The molecule has 0 amide bonds. The van der Waals surface area contributed by atoms with Crippen molar-refractivity contribution >= 4 is 46.0 Å². The minimum Gasteiger partial charge on any atom is -0.481 e. The van der Waals surface area contributed by atoms with E-state index >= 15 is 0 Å². The lowest BCUT2D eigenvalue weighted by Gasteiger charge is -2.25. The highest BCUT2D eigenvalue weighted by molar-refractivity contribution is 7.99. The first-order valence-corrected chi connectivity index (χ1v) is 10.6. The van der Waals surface area contributed by atoms with Crippen LogP contribution in [0.5, 0.6) is 0 Å². The number of hydrogen-bond acceptors (Lipinski definition) is 3. The Bertz CT molecular complexity index is 1120. The maximum atomic E-state index is 14.3. The summed E-state index contributed by atoms with van der Waals surface area (Å²) in [6, 6.07) is 10.1. The molecule has 3 aromatic rings. The molecule has 1 aliphatic heterocycles. The molecule has 0 fully saturated rings. The predicted octanol–water partition coefficient (Wildman–Crippen LogP) is 6.14. The van der Waals surface area contributed by atoms with Crippen molar-refractivity contribution in [2.45, 2.75) is 48.4 Å². The molecule has 1 aliphatic rings. The second-order valence-corrected chi connectivity index (χ2v) is 8.78. The Morgan fingerprint density at radius 3 is 2.66 bits per heavy atom. The van der Waals surface area contributed by atoms with Crippen molar-refractivity contribution in [1.29, 1.82) is 0 Å². The molecule has 150 valence electrons. The van der Waals surface area contributed by atoms with Crippen molar-refractivity contribution in [3.05, 3.63) is 58.5 Å². The third-order valence-corrected chi connectivity index (χ3v) is 6.66. The number of fused-ring (bicyclic) bond motifs is 3. The van der Waals surface area contributed by atoms with Crippen LogP contribution in [0.15, 0.2) is 46.2 Å². The number of carboxylic acids is 1. The van der Waals surface area contributed by atoms with Gasteiger partial charge in [-0.25, -0.2) is 4.39 Å². The fourth-order valence-corrected chi connectivity index (χ4v) is 5.45. The summed E-state index contributed by atoms with van der Waals surface area (Å²) < 4.78 is 16.3. The van der Waals surface area contributed by atoms with Crippen LogP contribution in [-0.4, -0.2) is 21.4 Å². The van der Waals surface area contributed by atoms with Gasteiger partial charge in [-0.3, -0.25) is 9.59 Å². The second kappa shape index (κ2) is 7.84. The fourth-order valence-electron chi connectivity index (χ4n) is 4.11. The first-order valence-electron chi connectivity index (χ1n) is 9.37. The molecule has 0 aliphatic carbocycles. The summed E-state index contributed by atoms with van der Waals surface area (Å²) in [6.07, 6.45) is 1.56. The van der Waals surface area contributed by atoms with Crippen LogP contribution in [0, 0.1) is 5.82 Å². The minimum absolute atomic E-state index is 0.00237. The monoisotopic (exact) mass is 431 g/mol. The maximum Gasteiger partial charge on any atom is 0.304 e. The predicted molar refractivity (Wildman–Crippen MR) is 112 cm³/mol. The number of rotatable bonds is 5. The van der Waals surface area contributed by atoms with Crippen molar-refractivity contribution in [2.75, 3.05) is 0 Å². The highest BCUT2D eigenvalue weighted by Gasteiger charge is 2.31. The highest BCUT2D eigenvalue weighted by Crippen LogP contribution is 2.47. The zero-order valence-electron chi connectivity index (χ0n) is 15.7. The van der Waals surface area contributed by atoms with Crippen LogP contribution in [0.25, 0.3) is 10.9 Å². The van der Waals surface area contributed by atoms with Gasteiger partial charge >= 0.3 is 5.97 Å². The van der Waals surface area contributed by atoms with Gasteiger partial charge in [0.15, 0.2) is 5.78 Å². The number of carboxylic acid groups (broad SMARTS) is 1. The number of Topliss-reactive ketones (excluding diaryl/α,β-unsaturated/α-hetero) is 1. The number of halogens is 2. The third-order valence-electron chi connectivity index (χ3n) is 5.28. The van der Waals surface area contributed by atoms with Gasteiger partial charge in [-0.1, -0.05) is 23.4 Å². The molecule has 2 heterocycles. The van der Waals surface area contributed by atoms with Crippen LogP contribution in [0.3, 0.4) is 0 Å². The second-order valence-electron chi connectivity index (χ2n) is 7.26. The van der Waals surface area contributed by atoms with Crippen molar-refractivity contribution < 1.29 is 19.1 Å². The number of carbonyl (C=O) groups is 2. The first-order chi connectivity index (χ1) is 13.8. The molecule has 29 heavy (non-hydrogen) atoms.